The maximum Gasteiger partial charge on any atom is 0.155 e. The van der Waals surface area contributed by atoms with Crippen molar-refractivity contribution in [3.05, 3.63) is 35.4 Å². The second kappa shape index (κ2) is 7.41. The van der Waals surface area contributed by atoms with Crippen molar-refractivity contribution < 1.29 is 8.42 Å². The van der Waals surface area contributed by atoms with Crippen LogP contribution in [0, 0.1) is 6.92 Å². The Morgan fingerprint density at radius 2 is 1.90 bits per heavy atom. The maximum absolute atomic E-state index is 12.3. The minimum Gasteiger partial charge on any atom is -0.316 e. The van der Waals surface area contributed by atoms with Crippen LogP contribution < -0.4 is 5.32 Å². The molecule has 0 saturated heterocycles. The number of likely N-dealkylation sites (N-methyl/N-ethyl adjacent to an activating group) is 1. The first kappa shape index (κ1) is 18.2. The number of nitrogens with one attached hydrogen (secondary N) is 1. The SMILES string of the molecule is CCNCC(CCS(=O)(=O)C(C)(C)C)c1cccc(C)c1. The quantitative estimate of drug-likeness (QED) is 0.840. The molecule has 4 heteroatoms. The summed E-state index contributed by atoms with van der Waals surface area (Å²) in [5.74, 6) is 0.475. The van der Waals surface area contributed by atoms with Gasteiger partial charge in [0.05, 0.1) is 10.5 Å². The molecule has 0 radical (unpaired) electrons. The Morgan fingerprint density at radius 1 is 1.24 bits per heavy atom. The summed E-state index contributed by atoms with van der Waals surface area (Å²) in [6, 6.07) is 8.37. The summed E-state index contributed by atoms with van der Waals surface area (Å²) in [6.45, 7) is 11.2. The molecule has 0 aromatic heterocycles. The molecule has 21 heavy (non-hydrogen) atoms. The lowest BCUT2D eigenvalue weighted by molar-refractivity contribution is 0.541. The van der Waals surface area contributed by atoms with Crippen LogP contribution in [-0.2, 0) is 9.84 Å². The highest BCUT2D eigenvalue weighted by Gasteiger charge is 2.29. The molecule has 1 rings (SSSR count). The monoisotopic (exact) mass is 311 g/mol. The van der Waals surface area contributed by atoms with Gasteiger partial charge < -0.3 is 5.32 Å². The third kappa shape index (κ3) is 5.44. The van der Waals surface area contributed by atoms with E-state index in [9.17, 15) is 8.42 Å². The largest absolute Gasteiger partial charge is 0.316 e. The molecule has 1 aromatic rings. The molecule has 1 aromatic carbocycles. The van der Waals surface area contributed by atoms with Crippen LogP contribution in [-0.4, -0.2) is 32.0 Å². The van der Waals surface area contributed by atoms with Gasteiger partial charge in [0.2, 0.25) is 0 Å². The molecule has 1 atom stereocenters. The van der Waals surface area contributed by atoms with E-state index in [1.807, 2.05) is 6.07 Å². The second-order valence-electron chi connectivity index (χ2n) is 6.64. The van der Waals surface area contributed by atoms with Gasteiger partial charge in [-0.15, -0.1) is 0 Å². The van der Waals surface area contributed by atoms with Gasteiger partial charge in [-0.05, 0) is 52.1 Å². The van der Waals surface area contributed by atoms with Crippen LogP contribution >= 0.6 is 0 Å². The van der Waals surface area contributed by atoms with Gasteiger partial charge in [0, 0.05) is 6.54 Å². The smallest absolute Gasteiger partial charge is 0.155 e. The predicted octanol–water partition coefficient (Wildman–Crippen LogP) is 3.29. The lowest BCUT2D eigenvalue weighted by atomic mass is 9.95. The van der Waals surface area contributed by atoms with Crippen molar-refractivity contribution in [1.29, 1.82) is 0 Å². The molecular weight excluding hydrogens is 282 g/mol. The third-order valence-electron chi connectivity index (χ3n) is 3.82. The molecule has 0 heterocycles. The summed E-state index contributed by atoms with van der Waals surface area (Å²) in [5.41, 5.74) is 2.44. The third-order valence-corrected chi connectivity index (χ3v) is 6.46. The lowest BCUT2D eigenvalue weighted by Gasteiger charge is -2.23. The first-order chi connectivity index (χ1) is 9.67. The number of hydrogen-bond donors (Lipinski definition) is 1. The second-order valence-corrected chi connectivity index (χ2v) is 9.50. The Bertz CT molecular complexity index is 544. The Kier molecular flexibility index (Phi) is 6.41. The standard InChI is InChI=1S/C17H29NO2S/c1-6-18-13-16(15-9-7-8-14(2)12-15)10-11-21(19,20)17(3,4)5/h7-9,12,16,18H,6,10-11,13H2,1-5H3. The first-order valence-electron chi connectivity index (χ1n) is 7.67. The summed E-state index contributed by atoms with van der Waals surface area (Å²) in [4.78, 5) is 0. The van der Waals surface area contributed by atoms with Gasteiger partial charge in [-0.2, -0.15) is 0 Å². The van der Waals surface area contributed by atoms with E-state index in [4.69, 9.17) is 0 Å². The van der Waals surface area contributed by atoms with E-state index in [0.29, 0.717) is 6.42 Å². The van der Waals surface area contributed by atoms with Crippen LogP contribution in [0.15, 0.2) is 24.3 Å². The minimum absolute atomic E-state index is 0.237. The summed E-state index contributed by atoms with van der Waals surface area (Å²) >= 11 is 0. The van der Waals surface area contributed by atoms with E-state index in [1.54, 1.807) is 20.8 Å². The average Bonchev–Trinajstić information content (AvgIpc) is 2.37. The Labute approximate surface area is 130 Å². The molecule has 0 fully saturated rings. The van der Waals surface area contributed by atoms with E-state index < -0.39 is 14.6 Å². The van der Waals surface area contributed by atoms with Crippen molar-refractivity contribution >= 4 is 9.84 Å². The highest BCUT2D eigenvalue weighted by atomic mass is 32.2. The predicted molar refractivity (Wildman–Crippen MR) is 90.6 cm³/mol. The molecule has 0 saturated carbocycles. The number of rotatable bonds is 7. The zero-order chi connectivity index (χ0) is 16.1. The summed E-state index contributed by atoms with van der Waals surface area (Å²) in [5, 5.41) is 3.35. The topological polar surface area (TPSA) is 46.2 Å². The number of hydrogen-bond acceptors (Lipinski definition) is 3. The van der Waals surface area contributed by atoms with Gasteiger partial charge >= 0.3 is 0 Å². The molecule has 0 aliphatic heterocycles. The van der Waals surface area contributed by atoms with Crippen molar-refractivity contribution in [2.24, 2.45) is 0 Å². The fourth-order valence-electron chi connectivity index (χ4n) is 2.23. The fraction of sp³-hybridized carbons (Fsp3) is 0.647. The van der Waals surface area contributed by atoms with Crippen molar-refractivity contribution in [3.8, 4) is 0 Å². The van der Waals surface area contributed by atoms with Crippen LogP contribution in [0.4, 0.5) is 0 Å². The molecule has 120 valence electrons. The highest BCUT2D eigenvalue weighted by Crippen LogP contribution is 2.24. The van der Waals surface area contributed by atoms with E-state index >= 15 is 0 Å². The van der Waals surface area contributed by atoms with Gasteiger partial charge in [0.1, 0.15) is 0 Å². The zero-order valence-electron chi connectivity index (χ0n) is 13.9. The Hall–Kier alpha value is -0.870. The van der Waals surface area contributed by atoms with Crippen LogP contribution in [0.3, 0.4) is 0 Å². The molecule has 1 N–H and O–H groups in total. The summed E-state index contributed by atoms with van der Waals surface area (Å²) in [6.07, 6.45) is 0.663. The minimum atomic E-state index is -3.06. The molecule has 0 aliphatic rings. The molecule has 0 amide bonds. The van der Waals surface area contributed by atoms with Crippen LogP contribution in [0.5, 0.6) is 0 Å². The van der Waals surface area contributed by atoms with E-state index in [2.05, 4.69) is 37.4 Å². The highest BCUT2D eigenvalue weighted by molar-refractivity contribution is 7.92. The molecular formula is C17H29NO2S. The van der Waals surface area contributed by atoms with Gasteiger partial charge in [-0.1, -0.05) is 36.8 Å². The molecule has 3 nitrogen and oxygen atoms in total. The van der Waals surface area contributed by atoms with Gasteiger partial charge in [-0.3, -0.25) is 0 Å². The van der Waals surface area contributed by atoms with E-state index in [1.165, 1.54) is 11.1 Å². The molecule has 0 bridgehead atoms. The van der Waals surface area contributed by atoms with Crippen molar-refractivity contribution in [2.75, 3.05) is 18.8 Å². The van der Waals surface area contributed by atoms with Gasteiger partial charge in [0.15, 0.2) is 9.84 Å². The van der Waals surface area contributed by atoms with Gasteiger partial charge in [-0.25, -0.2) is 8.42 Å². The fourth-order valence-corrected chi connectivity index (χ4v) is 3.44. The van der Waals surface area contributed by atoms with Gasteiger partial charge in [0.25, 0.3) is 0 Å². The maximum atomic E-state index is 12.3. The first-order valence-corrected chi connectivity index (χ1v) is 9.32. The summed E-state index contributed by atoms with van der Waals surface area (Å²) in [7, 11) is -3.06. The number of aryl methyl sites for hydroxylation is 1. The Morgan fingerprint density at radius 3 is 2.43 bits per heavy atom. The average molecular weight is 311 g/mol. The molecule has 0 aliphatic carbocycles. The normalized spacial score (nSPS) is 14.1. The molecule has 0 spiro atoms. The van der Waals surface area contributed by atoms with Crippen molar-refractivity contribution in [3.63, 3.8) is 0 Å². The summed E-state index contributed by atoms with van der Waals surface area (Å²) < 4.78 is 23.9. The van der Waals surface area contributed by atoms with E-state index in [-0.39, 0.29) is 11.7 Å². The van der Waals surface area contributed by atoms with Crippen LogP contribution in [0.25, 0.3) is 0 Å². The Balaban J connectivity index is 2.85. The van der Waals surface area contributed by atoms with Crippen LogP contribution in [0.1, 0.15) is 51.2 Å². The molecule has 1 unspecified atom stereocenters. The zero-order valence-corrected chi connectivity index (χ0v) is 14.8. The lowest BCUT2D eigenvalue weighted by Crippen LogP contribution is -2.32. The van der Waals surface area contributed by atoms with Crippen molar-refractivity contribution in [2.45, 2.75) is 51.7 Å². The van der Waals surface area contributed by atoms with Crippen LogP contribution in [0.2, 0.25) is 0 Å². The van der Waals surface area contributed by atoms with Crippen molar-refractivity contribution in [1.82, 2.24) is 5.32 Å². The van der Waals surface area contributed by atoms with E-state index in [0.717, 1.165) is 13.1 Å². The number of sulfone groups is 1. The number of benzene rings is 1.